The van der Waals surface area contributed by atoms with Gasteiger partial charge in [-0.1, -0.05) is 35.9 Å². The summed E-state index contributed by atoms with van der Waals surface area (Å²) in [4.78, 5) is 18.4. The molecule has 0 N–H and O–H groups in total. The zero-order valence-corrected chi connectivity index (χ0v) is 16.1. The predicted octanol–water partition coefficient (Wildman–Crippen LogP) is 4.13. The van der Waals surface area contributed by atoms with Gasteiger partial charge in [-0.25, -0.2) is 0 Å². The van der Waals surface area contributed by atoms with Gasteiger partial charge in [-0.3, -0.25) is 4.79 Å². The second-order valence-electron chi connectivity index (χ2n) is 6.68. The fourth-order valence-electron chi connectivity index (χ4n) is 3.25. The topological polar surface area (TPSA) is 23.6 Å². The third kappa shape index (κ3) is 4.37. The maximum atomic E-state index is 12.8. The number of amides is 1. The maximum absolute atomic E-state index is 12.8. The summed E-state index contributed by atoms with van der Waals surface area (Å²) in [6.45, 7) is 9.63. The quantitative estimate of drug-likeness (QED) is 0.771. The highest BCUT2D eigenvalue weighted by Crippen LogP contribution is 2.28. The number of aryl methyl sites for hydroxylation is 2. The molecule has 4 heteroatoms. The van der Waals surface area contributed by atoms with Crippen molar-refractivity contribution in [1.82, 2.24) is 4.90 Å². The van der Waals surface area contributed by atoms with Crippen LogP contribution in [-0.4, -0.2) is 42.2 Å². The van der Waals surface area contributed by atoms with Gasteiger partial charge in [0.15, 0.2) is 0 Å². The molecular weight excluding hydrogens is 328 g/mol. The van der Waals surface area contributed by atoms with Crippen molar-refractivity contribution in [2.75, 3.05) is 31.1 Å². The van der Waals surface area contributed by atoms with E-state index in [4.69, 9.17) is 0 Å². The fourth-order valence-corrected chi connectivity index (χ4v) is 4.28. The molecule has 1 fully saturated rings. The SMILES string of the molecule is Cc1ccc(S[C@H](C)C(=O)N2CCN(c3ccccc3)CC2)c(C)c1. The zero-order valence-electron chi connectivity index (χ0n) is 15.2. The van der Waals surface area contributed by atoms with Crippen LogP contribution in [0.5, 0.6) is 0 Å². The Morgan fingerprint density at radius 2 is 1.68 bits per heavy atom. The average molecular weight is 355 g/mol. The van der Waals surface area contributed by atoms with Gasteiger partial charge in [0.1, 0.15) is 0 Å². The molecule has 0 saturated carbocycles. The summed E-state index contributed by atoms with van der Waals surface area (Å²) in [6.07, 6.45) is 0. The predicted molar refractivity (Wildman–Crippen MR) is 106 cm³/mol. The lowest BCUT2D eigenvalue weighted by atomic mass is 10.2. The van der Waals surface area contributed by atoms with Crippen LogP contribution in [-0.2, 0) is 4.79 Å². The molecule has 3 rings (SSSR count). The first-order valence-electron chi connectivity index (χ1n) is 8.87. The molecular formula is C21H26N2OS. The highest BCUT2D eigenvalue weighted by atomic mass is 32.2. The molecule has 1 aliphatic heterocycles. The Morgan fingerprint density at radius 3 is 2.32 bits per heavy atom. The largest absolute Gasteiger partial charge is 0.368 e. The van der Waals surface area contributed by atoms with E-state index < -0.39 is 0 Å². The third-order valence-corrected chi connectivity index (χ3v) is 5.96. The monoisotopic (exact) mass is 354 g/mol. The number of hydrogen-bond donors (Lipinski definition) is 0. The summed E-state index contributed by atoms with van der Waals surface area (Å²) >= 11 is 1.67. The number of anilines is 1. The smallest absolute Gasteiger partial charge is 0.235 e. The van der Waals surface area contributed by atoms with Gasteiger partial charge in [0.05, 0.1) is 5.25 Å². The highest BCUT2D eigenvalue weighted by molar-refractivity contribution is 8.00. The van der Waals surface area contributed by atoms with Crippen LogP contribution < -0.4 is 4.90 Å². The van der Waals surface area contributed by atoms with E-state index in [2.05, 4.69) is 61.2 Å². The standard InChI is InChI=1S/C21H26N2OS/c1-16-9-10-20(17(2)15-16)25-18(3)21(24)23-13-11-22(12-14-23)19-7-5-4-6-8-19/h4-10,15,18H,11-14H2,1-3H3/t18-/m1/s1. The van der Waals surface area contributed by atoms with Crippen LogP contribution in [0.15, 0.2) is 53.4 Å². The van der Waals surface area contributed by atoms with Crippen LogP contribution in [0.1, 0.15) is 18.1 Å². The van der Waals surface area contributed by atoms with Crippen LogP contribution in [0, 0.1) is 13.8 Å². The highest BCUT2D eigenvalue weighted by Gasteiger charge is 2.25. The molecule has 0 radical (unpaired) electrons. The normalized spacial score (nSPS) is 16.0. The molecule has 3 nitrogen and oxygen atoms in total. The molecule has 0 aliphatic carbocycles. The molecule has 132 valence electrons. The summed E-state index contributed by atoms with van der Waals surface area (Å²) in [6, 6.07) is 16.9. The lowest BCUT2D eigenvalue weighted by molar-refractivity contribution is -0.130. The minimum absolute atomic E-state index is 0.0512. The first kappa shape index (κ1) is 17.9. The molecule has 2 aromatic carbocycles. The van der Waals surface area contributed by atoms with Gasteiger partial charge in [0.2, 0.25) is 5.91 Å². The number of thioether (sulfide) groups is 1. The van der Waals surface area contributed by atoms with Crippen LogP contribution in [0.4, 0.5) is 5.69 Å². The second-order valence-corrected chi connectivity index (χ2v) is 8.06. The first-order valence-corrected chi connectivity index (χ1v) is 9.75. The van der Waals surface area contributed by atoms with Crippen molar-refractivity contribution in [2.24, 2.45) is 0 Å². The Labute approximate surface area is 155 Å². The van der Waals surface area contributed by atoms with Crippen molar-refractivity contribution < 1.29 is 4.79 Å². The van der Waals surface area contributed by atoms with Gasteiger partial charge >= 0.3 is 0 Å². The van der Waals surface area contributed by atoms with Gasteiger partial charge in [-0.15, -0.1) is 11.8 Å². The minimum atomic E-state index is -0.0512. The Kier molecular flexibility index (Phi) is 5.69. The number of rotatable bonds is 4. The second kappa shape index (κ2) is 7.96. The number of piperazine rings is 1. The summed E-state index contributed by atoms with van der Waals surface area (Å²) in [5.41, 5.74) is 3.75. The number of carbonyl (C=O) groups is 1. The fraction of sp³-hybridized carbons (Fsp3) is 0.381. The minimum Gasteiger partial charge on any atom is -0.368 e. The van der Waals surface area contributed by atoms with Crippen molar-refractivity contribution in [2.45, 2.75) is 30.9 Å². The van der Waals surface area contributed by atoms with Gasteiger partial charge in [-0.2, -0.15) is 0 Å². The van der Waals surface area contributed by atoms with E-state index in [0.717, 1.165) is 26.2 Å². The van der Waals surface area contributed by atoms with Gasteiger partial charge in [0.25, 0.3) is 0 Å². The number of carbonyl (C=O) groups excluding carboxylic acids is 1. The zero-order chi connectivity index (χ0) is 17.8. The molecule has 0 spiro atoms. The van der Waals surface area contributed by atoms with Crippen LogP contribution in [0.3, 0.4) is 0 Å². The Bertz CT molecular complexity index is 724. The Balaban J connectivity index is 1.56. The van der Waals surface area contributed by atoms with E-state index >= 15 is 0 Å². The molecule has 1 heterocycles. The molecule has 1 amide bonds. The molecule has 1 aliphatic rings. The van der Waals surface area contributed by atoms with Gasteiger partial charge < -0.3 is 9.80 Å². The van der Waals surface area contributed by atoms with E-state index in [1.54, 1.807) is 11.8 Å². The van der Waals surface area contributed by atoms with Gasteiger partial charge in [-0.05, 0) is 44.5 Å². The third-order valence-electron chi connectivity index (χ3n) is 4.69. The van der Waals surface area contributed by atoms with E-state index in [0.29, 0.717) is 0 Å². The molecule has 0 bridgehead atoms. The van der Waals surface area contributed by atoms with Crippen molar-refractivity contribution in [3.63, 3.8) is 0 Å². The van der Waals surface area contributed by atoms with E-state index in [1.807, 2.05) is 17.9 Å². The summed E-state index contributed by atoms with van der Waals surface area (Å²) in [5.74, 6) is 0.248. The van der Waals surface area contributed by atoms with Crippen LogP contribution in [0.25, 0.3) is 0 Å². The molecule has 0 aromatic heterocycles. The van der Waals surface area contributed by atoms with Crippen molar-refractivity contribution >= 4 is 23.4 Å². The summed E-state index contributed by atoms with van der Waals surface area (Å²) in [7, 11) is 0. The molecule has 1 saturated heterocycles. The van der Waals surface area contributed by atoms with Crippen LogP contribution >= 0.6 is 11.8 Å². The van der Waals surface area contributed by atoms with E-state index in [1.165, 1.54) is 21.7 Å². The summed E-state index contributed by atoms with van der Waals surface area (Å²) in [5, 5.41) is -0.0512. The average Bonchev–Trinajstić information content (AvgIpc) is 2.64. The first-order chi connectivity index (χ1) is 12.0. The summed E-state index contributed by atoms with van der Waals surface area (Å²) < 4.78 is 0. The number of nitrogens with zero attached hydrogens (tertiary/aromatic N) is 2. The molecule has 0 unspecified atom stereocenters. The Morgan fingerprint density at radius 1 is 1.00 bits per heavy atom. The van der Waals surface area contributed by atoms with Crippen molar-refractivity contribution in [3.8, 4) is 0 Å². The molecule has 2 aromatic rings. The van der Waals surface area contributed by atoms with Crippen molar-refractivity contribution in [3.05, 3.63) is 59.7 Å². The molecule has 1 atom stereocenters. The number of hydrogen-bond acceptors (Lipinski definition) is 3. The van der Waals surface area contributed by atoms with Crippen LogP contribution in [0.2, 0.25) is 0 Å². The number of para-hydroxylation sites is 1. The van der Waals surface area contributed by atoms with Crippen molar-refractivity contribution in [1.29, 1.82) is 0 Å². The van der Waals surface area contributed by atoms with E-state index in [9.17, 15) is 4.79 Å². The van der Waals surface area contributed by atoms with Gasteiger partial charge in [0, 0.05) is 36.8 Å². The maximum Gasteiger partial charge on any atom is 0.235 e. The lowest BCUT2D eigenvalue weighted by Gasteiger charge is -2.37. The molecule has 25 heavy (non-hydrogen) atoms. The van der Waals surface area contributed by atoms with E-state index in [-0.39, 0.29) is 11.2 Å². The number of benzene rings is 2. The Hall–Kier alpha value is -1.94. The lowest BCUT2D eigenvalue weighted by Crippen LogP contribution is -2.50.